The number of ether oxygens (including phenoxy) is 2. The third-order valence-electron chi connectivity index (χ3n) is 5.73. The van der Waals surface area contributed by atoms with Crippen molar-refractivity contribution in [3.05, 3.63) is 54.3 Å². The number of amides is 1. The van der Waals surface area contributed by atoms with Gasteiger partial charge in [-0.3, -0.25) is 4.79 Å². The van der Waals surface area contributed by atoms with Crippen molar-refractivity contribution in [1.29, 1.82) is 0 Å². The third kappa shape index (κ3) is 3.80. The smallest absolute Gasteiger partial charge is 0.246 e. The first-order valence-electron chi connectivity index (χ1n) is 10.3. The zero-order valence-electron chi connectivity index (χ0n) is 17.7. The van der Waals surface area contributed by atoms with E-state index in [1.54, 1.807) is 26.6 Å². The van der Waals surface area contributed by atoms with Gasteiger partial charge in [-0.1, -0.05) is 18.2 Å². The van der Waals surface area contributed by atoms with Gasteiger partial charge in [0.25, 0.3) is 0 Å². The van der Waals surface area contributed by atoms with Crippen LogP contribution >= 0.6 is 0 Å². The van der Waals surface area contributed by atoms with Crippen molar-refractivity contribution < 1.29 is 18.7 Å². The molecule has 0 radical (unpaired) electrons. The summed E-state index contributed by atoms with van der Waals surface area (Å²) in [5.74, 6) is 1.53. The number of hydrogen-bond acceptors (Lipinski definition) is 4. The summed E-state index contributed by atoms with van der Waals surface area (Å²) in [4.78, 5) is 14.7. The Hall–Kier alpha value is -3.21. The predicted molar refractivity (Wildman–Crippen MR) is 119 cm³/mol. The van der Waals surface area contributed by atoms with Gasteiger partial charge in [-0.2, -0.15) is 0 Å². The lowest BCUT2D eigenvalue weighted by molar-refractivity contribution is -0.126. The number of hydrogen-bond donors (Lipinski definition) is 0. The van der Waals surface area contributed by atoms with Crippen LogP contribution in [0.5, 0.6) is 11.5 Å². The molecule has 1 fully saturated rings. The van der Waals surface area contributed by atoms with Crippen LogP contribution in [0.4, 0.5) is 0 Å². The minimum Gasteiger partial charge on any atom is -0.496 e. The van der Waals surface area contributed by atoms with Gasteiger partial charge in [-0.05, 0) is 43.9 Å². The molecule has 3 aromatic rings. The number of carbonyl (C=O) groups excluding carboxylic acids is 1. The second kappa shape index (κ2) is 8.66. The van der Waals surface area contributed by atoms with Gasteiger partial charge in [0.15, 0.2) is 0 Å². The molecule has 5 nitrogen and oxygen atoms in total. The molecule has 0 aliphatic carbocycles. The Morgan fingerprint density at radius 2 is 1.73 bits per heavy atom. The second-order valence-electron chi connectivity index (χ2n) is 7.61. The summed E-state index contributed by atoms with van der Waals surface area (Å²) in [5.41, 5.74) is 4.39. The Kier molecular flexibility index (Phi) is 5.79. The molecule has 0 bridgehead atoms. The average Bonchev–Trinajstić information content (AvgIpc) is 3.21. The number of furan rings is 1. The Morgan fingerprint density at radius 3 is 2.47 bits per heavy atom. The summed E-state index contributed by atoms with van der Waals surface area (Å²) in [6.07, 6.45) is 6.81. The Morgan fingerprint density at radius 1 is 1.00 bits per heavy atom. The van der Waals surface area contributed by atoms with E-state index in [1.807, 2.05) is 48.2 Å². The molecular weight excluding hydrogens is 378 g/mol. The monoisotopic (exact) mass is 405 g/mol. The molecule has 1 aromatic heterocycles. The maximum Gasteiger partial charge on any atom is 0.246 e. The maximum absolute atomic E-state index is 12.7. The summed E-state index contributed by atoms with van der Waals surface area (Å²) in [5, 5.41) is 0.952. The Bertz CT molecular complexity index is 1090. The van der Waals surface area contributed by atoms with Gasteiger partial charge in [-0.25, -0.2) is 0 Å². The molecule has 5 heteroatoms. The van der Waals surface area contributed by atoms with Crippen molar-refractivity contribution >= 4 is 22.4 Å². The van der Waals surface area contributed by atoms with Gasteiger partial charge in [0, 0.05) is 47.3 Å². The molecule has 2 heterocycles. The van der Waals surface area contributed by atoms with Crippen molar-refractivity contribution in [2.24, 2.45) is 0 Å². The summed E-state index contributed by atoms with van der Waals surface area (Å²) in [6, 6.07) is 11.8. The number of likely N-dealkylation sites (tertiary alicyclic amines) is 1. The predicted octanol–water partition coefficient (Wildman–Crippen LogP) is 5.53. The summed E-state index contributed by atoms with van der Waals surface area (Å²) < 4.78 is 17.0. The van der Waals surface area contributed by atoms with Crippen LogP contribution in [0.2, 0.25) is 0 Å². The molecule has 1 amide bonds. The second-order valence-corrected chi connectivity index (χ2v) is 7.61. The first-order valence-corrected chi connectivity index (χ1v) is 10.3. The summed E-state index contributed by atoms with van der Waals surface area (Å²) in [7, 11) is 3.29. The van der Waals surface area contributed by atoms with Crippen LogP contribution in [-0.2, 0) is 4.79 Å². The van der Waals surface area contributed by atoms with E-state index in [9.17, 15) is 4.79 Å². The molecule has 0 N–H and O–H groups in total. The van der Waals surface area contributed by atoms with Crippen molar-refractivity contribution in [1.82, 2.24) is 4.90 Å². The normalized spacial score (nSPS) is 14.8. The van der Waals surface area contributed by atoms with Crippen molar-refractivity contribution in [2.45, 2.75) is 26.2 Å². The number of benzene rings is 2. The van der Waals surface area contributed by atoms with Crippen LogP contribution in [0.1, 0.15) is 31.7 Å². The van der Waals surface area contributed by atoms with E-state index in [1.165, 1.54) is 6.42 Å². The molecule has 4 rings (SSSR count). The summed E-state index contributed by atoms with van der Waals surface area (Å²) in [6.45, 7) is 3.62. The summed E-state index contributed by atoms with van der Waals surface area (Å²) >= 11 is 0. The molecule has 30 heavy (non-hydrogen) atoms. The third-order valence-corrected chi connectivity index (χ3v) is 5.73. The zero-order valence-corrected chi connectivity index (χ0v) is 17.7. The molecule has 1 aliphatic heterocycles. The lowest BCUT2D eigenvalue weighted by atomic mass is 9.98. The molecule has 1 saturated heterocycles. The van der Waals surface area contributed by atoms with Crippen LogP contribution < -0.4 is 9.47 Å². The van der Waals surface area contributed by atoms with Gasteiger partial charge >= 0.3 is 0 Å². The number of piperidine rings is 1. The number of fused-ring (bicyclic) bond motifs is 1. The van der Waals surface area contributed by atoms with Gasteiger partial charge in [0.1, 0.15) is 17.1 Å². The number of allylic oxidation sites excluding steroid dienone is 1. The van der Waals surface area contributed by atoms with Crippen LogP contribution in [0.15, 0.2) is 53.2 Å². The topological polar surface area (TPSA) is 51.9 Å². The molecule has 0 saturated carbocycles. The van der Waals surface area contributed by atoms with Crippen LogP contribution in [-0.4, -0.2) is 38.1 Å². The van der Waals surface area contributed by atoms with E-state index in [0.717, 1.165) is 64.9 Å². The number of carbonyl (C=O) groups is 1. The molecule has 0 atom stereocenters. The molecule has 156 valence electrons. The highest BCUT2D eigenvalue weighted by atomic mass is 16.5. The Labute approximate surface area is 176 Å². The van der Waals surface area contributed by atoms with E-state index < -0.39 is 0 Å². The average molecular weight is 405 g/mol. The van der Waals surface area contributed by atoms with Gasteiger partial charge in [0.05, 0.1) is 20.5 Å². The lowest BCUT2D eigenvalue weighted by Crippen LogP contribution is -2.34. The largest absolute Gasteiger partial charge is 0.496 e. The highest BCUT2D eigenvalue weighted by molar-refractivity contribution is 6.01. The minimum atomic E-state index is 0.0616. The van der Waals surface area contributed by atoms with Crippen molar-refractivity contribution in [3.63, 3.8) is 0 Å². The first kappa shape index (κ1) is 20.1. The van der Waals surface area contributed by atoms with E-state index >= 15 is 0 Å². The molecule has 0 unspecified atom stereocenters. The fourth-order valence-electron chi connectivity index (χ4n) is 4.08. The number of methoxy groups -OCH3 is 2. The minimum absolute atomic E-state index is 0.0616. The van der Waals surface area contributed by atoms with E-state index in [2.05, 4.69) is 0 Å². The lowest BCUT2D eigenvalue weighted by Gasteiger charge is -2.25. The van der Waals surface area contributed by atoms with E-state index in [0.29, 0.717) is 5.75 Å². The fraction of sp³-hybridized carbons (Fsp3) is 0.320. The molecular formula is C25H27NO4. The standard InChI is InChI=1S/C25H27NO4/c1-17(13-25(27)26-11-7-4-8-12-26)19-14-20-21(16-30-24(20)15-23(19)29-3)18-9-5-6-10-22(18)28-2/h5-6,9-10,13-16H,4,7-8,11-12H2,1-3H3/b17-13+. The molecule has 1 aliphatic rings. The van der Waals surface area contributed by atoms with Gasteiger partial charge in [-0.15, -0.1) is 0 Å². The van der Waals surface area contributed by atoms with Crippen LogP contribution in [0, 0.1) is 0 Å². The molecule has 0 spiro atoms. The van der Waals surface area contributed by atoms with E-state index in [4.69, 9.17) is 13.9 Å². The number of para-hydroxylation sites is 1. The highest BCUT2D eigenvalue weighted by Gasteiger charge is 2.18. The zero-order chi connectivity index (χ0) is 21.1. The van der Waals surface area contributed by atoms with Crippen molar-refractivity contribution in [2.75, 3.05) is 27.3 Å². The highest BCUT2D eigenvalue weighted by Crippen LogP contribution is 2.40. The van der Waals surface area contributed by atoms with E-state index in [-0.39, 0.29) is 5.91 Å². The fourth-order valence-corrected chi connectivity index (χ4v) is 4.08. The van der Waals surface area contributed by atoms with Crippen molar-refractivity contribution in [3.8, 4) is 22.6 Å². The number of nitrogens with zero attached hydrogens (tertiary/aromatic N) is 1. The quantitative estimate of drug-likeness (QED) is 0.524. The Balaban J connectivity index is 1.77. The first-order chi connectivity index (χ1) is 14.6. The van der Waals surface area contributed by atoms with Gasteiger partial charge in [0.2, 0.25) is 5.91 Å². The maximum atomic E-state index is 12.7. The molecule has 2 aromatic carbocycles. The van der Waals surface area contributed by atoms with Crippen LogP contribution in [0.3, 0.4) is 0 Å². The van der Waals surface area contributed by atoms with Crippen LogP contribution in [0.25, 0.3) is 27.7 Å². The number of rotatable bonds is 5. The SMILES string of the molecule is COc1cc2occ(-c3ccccc3OC)c2cc1/C(C)=C/C(=O)N1CCCCC1. The van der Waals surface area contributed by atoms with Gasteiger partial charge < -0.3 is 18.8 Å².